The molecule has 4 aromatic rings. The van der Waals surface area contributed by atoms with Crippen molar-refractivity contribution in [3.05, 3.63) is 104 Å². The van der Waals surface area contributed by atoms with Crippen molar-refractivity contribution in [3.8, 4) is 0 Å². The minimum absolute atomic E-state index is 0.104. The number of rotatable bonds is 2. The smallest absolute Gasteiger partial charge is 0.255 e. The lowest BCUT2D eigenvalue weighted by molar-refractivity contribution is 0.0698. The standard InChI is InChI=1S/C23H18N2O2S/c26-21-14-18(16-8-4-5-9-19(16)24-21)23(27)25-12-10-20-17(11-13-28-20)22(25)15-6-2-1-3-7-15/h1-9,11,13-14,22H,10,12H2,(H,24,26)/t22-/m0/s1. The third-order valence-corrected chi connectivity index (χ3v) is 6.32. The van der Waals surface area contributed by atoms with Gasteiger partial charge in [-0.3, -0.25) is 9.59 Å². The van der Waals surface area contributed by atoms with Crippen molar-refractivity contribution in [3.63, 3.8) is 0 Å². The van der Waals surface area contributed by atoms with Crippen molar-refractivity contribution in [1.82, 2.24) is 9.88 Å². The molecule has 0 saturated heterocycles. The highest BCUT2D eigenvalue weighted by molar-refractivity contribution is 7.10. The monoisotopic (exact) mass is 386 g/mol. The molecule has 1 N–H and O–H groups in total. The van der Waals surface area contributed by atoms with E-state index in [0.29, 0.717) is 17.6 Å². The Hall–Kier alpha value is -3.18. The number of carbonyl (C=O) groups excluding carboxylic acids is 1. The van der Waals surface area contributed by atoms with Crippen LogP contribution in [0.5, 0.6) is 0 Å². The van der Waals surface area contributed by atoms with E-state index >= 15 is 0 Å². The highest BCUT2D eigenvalue weighted by atomic mass is 32.1. The second kappa shape index (κ2) is 6.77. The van der Waals surface area contributed by atoms with Crippen LogP contribution in [0.15, 0.2) is 76.9 Å². The van der Waals surface area contributed by atoms with Crippen molar-refractivity contribution >= 4 is 28.1 Å². The number of thiophene rings is 1. The van der Waals surface area contributed by atoms with E-state index in [-0.39, 0.29) is 17.5 Å². The van der Waals surface area contributed by atoms with E-state index in [1.54, 1.807) is 11.3 Å². The van der Waals surface area contributed by atoms with Gasteiger partial charge >= 0.3 is 0 Å². The Bertz CT molecular complexity index is 1230. The number of carbonyl (C=O) groups is 1. The number of para-hydroxylation sites is 1. The van der Waals surface area contributed by atoms with Gasteiger partial charge in [-0.15, -0.1) is 11.3 Å². The molecule has 4 nitrogen and oxygen atoms in total. The van der Waals surface area contributed by atoms with Gasteiger partial charge in [0.1, 0.15) is 0 Å². The molecule has 3 heterocycles. The molecule has 138 valence electrons. The van der Waals surface area contributed by atoms with Crippen LogP contribution in [0.3, 0.4) is 0 Å². The summed E-state index contributed by atoms with van der Waals surface area (Å²) < 4.78 is 0. The van der Waals surface area contributed by atoms with E-state index in [4.69, 9.17) is 0 Å². The molecule has 2 aromatic heterocycles. The predicted molar refractivity (Wildman–Crippen MR) is 112 cm³/mol. The van der Waals surface area contributed by atoms with Gasteiger partial charge in [-0.2, -0.15) is 0 Å². The lowest BCUT2D eigenvalue weighted by Gasteiger charge is -2.36. The van der Waals surface area contributed by atoms with Gasteiger partial charge in [0.05, 0.1) is 11.6 Å². The van der Waals surface area contributed by atoms with Crippen LogP contribution in [-0.2, 0) is 6.42 Å². The minimum atomic E-state index is -0.258. The SMILES string of the molecule is O=C(c1cc(=O)[nH]c2ccccc12)N1CCc2sccc2[C@@H]1c1ccccc1. The van der Waals surface area contributed by atoms with E-state index in [0.717, 1.165) is 17.4 Å². The molecular formula is C23H18N2O2S. The zero-order valence-corrected chi connectivity index (χ0v) is 15.9. The maximum Gasteiger partial charge on any atom is 0.255 e. The first-order valence-electron chi connectivity index (χ1n) is 9.26. The van der Waals surface area contributed by atoms with E-state index in [9.17, 15) is 9.59 Å². The van der Waals surface area contributed by atoms with Crippen LogP contribution in [-0.4, -0.2) is 22.3 Å². The minimum Gasteiger partial charge on any atom is -0.327 e. The molecule has 2 aromatic carbocycles. The van der Waals surface area contributed by atoms with Gasteiger partial charge in [0, 0.05) is 28.4 Å². The van der Waals surface area contributed by atoms with Gasteiger partial charge in [0.15, 0.2) is 0 Å². The molecule has 0 radical (unpaired) electrons. The average Bonchev–Trinajstić information content (AvgIpc) is 3.21. The van der Waals surface area contributed by atoms with Crippen LogP contribution in [0.1, 0.15) is 32.4 Å². The number of aromatic amines is 1. The Morgan fingerprint density at radius 1 is 1.04 bits per heavy atom. The van der Waals surface area contributed by atoms with Crippen LogP contribution in [0.2, 0.25) is 0 Å². The maximum absolute atomic E-state index is 13.7. The Morgan fingerprint density at radius 3 is 2.68 bits per heavy atom. The Balaban J connectivity index is 1.66. The van der Waals surface area contributed by atoms with Crippen LogP contribution in [0, 0.1) is 0 Å². The van der Waals surface area contributed by atoms with Gasteiger partial charge in [0.25, 0.3) is 5.91 Å². The van der Waals surface area contributed by atoms with Crippen molar-refractivity contribution in [2.75, 3.05) is 6.54 Å². The first kappa shape index (κ1) is 17.0. The number of nitrogens with one attached hydrogen (secondary N) is 1. The highest BCUT2D eigenvalue weighted by Crippen LogP contribution is 2.38. The second-order valence-corrected chi connectivity index (χ2v) is 7.95. The average molecular weight is 386 g/mol. The number of hydrogen-bond acceptors (Lipinski definition) is 3. The van der Waals surface area contributed by atoms with Gasteiger partial charge in [-0.25, -0.2) is 0 Å². The number of H-pyrrole nitrogens is 1. The Morgan fingerprint density at radius 2 is 1.82 bits per heavy atom. The largest absolute Gasteiger partial charge is 0.327 e. The maximum atomic E-state index is 13.7. The van der Waals surface area contributed by atoms with Crippen LogP contribution in [0.25, 0.3) is 10.9 Å². The Kier molecular flexibility index (Phi) is 4.10. The third-order valence-electron chi connectivity index (χ3n) is 5.32. The summed E-state index contributed by atoms with van der Waals surface area (Å²) in [7, 11) is 0. The van der Waals surface area contributed by atoms with E-state index in [1.165, 1.54) is 16.5 Å². The first-order valence-corrected chi connectivity index (χ1v) is 10.1. The summed E-state index contributed by atoms with van der Waals surface area (Å²) in [6, 6.07) is 21.0. The fourth-order valence-electron chi connectivity index (χ4n) is 4.07. The zero-order valence-electron chi connectivity index (χ0n) is 15.1. The molecule has 1 aliphatic rings. The molecule has 0 spiro atoms. The normalized spacial score (nSPS) is 16.1. The summed E-state index contributed by atoms with van der Waals surface area (Å²) in [5.41, 5.74) is 3.16. The Labute approximate surface area is 166 Å². The lowest BCUT2D eigenvalue weighted by atomic mass is 9.92. The van der Waals surface area contributed by atoms with Gasteiger partial charge in [-0.1, -0.05) is 48.5 Å². The number of aromatic nitrogens is 1. The van der Waals surface area contributed by atoms with Crippen LogP contribution < -0.4 is 5.56 Å². The summed E-state index contributed by atoms with van der Waals surface area (Å²) in [6.07, 6.45) is 0.837. The fraction of sp³-hybridized carbons (Fsp3) is 0.130. The number of fused-ring (bicyclic) bond motifs is 2. The summed E-state index contributed by atoms with van der Waals surface area (Å²) in [4.78, 5) is 31.9. The fourth-order valence-corrected chi connectivity index (χ4v) is 4.97. The number of nitrogens with zero attached hydrogens (tertiary/aromatic N) is 1. The van der Waals surface area contributed by atoms with E-state index in [2.05, 4.69) is 28.6 Å². The van der Waals surface area contributed by atoms with Crippen LogP contribution >= 0.6 is 11.3 Å². The summed E-state index contributed by atoms with van der Waals surface area (Å²) in [6.45, 7) is 0.632. The van der Waals surface area contributed by atoms with Gasteiger partial charge in [-0.05, 0) is 35.1 Å². The lowest BCUT2D eigenvalue weighted by Crippen LogP contribution is -2.40. The molecule has 0 unspecified atom stereocenters. The van der Waals surface area contributed by atoms with Crippen molar-refractivity contribution in [2.45, 2.75) is 12.5 Å². The van der Waals surface area contributed by atoms with E-state index in [1.807, 2.05) is 47.4 Å². The van der Waals surface area contributed by atoms with Gasteiger partial charge < -0.3 is 9.88 Å². The topological polar surface area (TPSA) is 53.2 Å². The molecule has 0 saturated carbocycles. The van der Waals surface area contributed by atoms with Crippen LogP contribution in [0.4, 0.5) is 0 Å². The van der Waals surface area contributed by atoms with E-state index < -0.39 is 0 Å². The number of pyridine rings is 1. The van der Waals surface area contributed by atoms with Crippen molar-refractivity contribution in [1.29, 1.82) is 0 Å². The van der Waals surface area contributed by atoms with Crippen molar-refractivity contribution in [2.24, 2.45) is 0 Å². The highest BCUT2D eigenvalue weighted by Gasteiger charge is 2.33. The zero-order chi connectivity index (χ0) is 19.1. The molecule has 0 fully saturated rings. The third kappa shape index (κ3) is 2.75. The molecule has 1 atom stereocenters. The van der Waals surface area contributed by atoms with Gasteiger partial charge in [0.2, 0.25) is 5.56 Å². The molecule has 1 aliphatic heterocycles. The molecule has 0 aliphatic carbocycles. The molecule has 28 heavy (non-hydrogen) atoms. The second-order valence-electron chi connectivity index (χ2n) is 6.95. The molecule has 5 rings (SSSR count). The number of hydrogen-bond donors (Lipinski definition) is 1. The number of amides is 1. The quantitative estimate of drug-likeness (QED) is 0.556. The number of benzene rings is 2. The summed E-state index contributed by atoms with van der Waals surface area (Å²) in [5, 5.41) is 2.87. The summed E-state index contributed by atoms with van der Waals surface area (Å²) in [5.74, 6) is -0.104. The predicted octanol–water partition coefficient (Wildman–Crippen LogP) is 4.38. The van der Waals surface area contributed by atoms with Crippen molar-refractivity contribution < 1.29 is 4.79 Å². The molecule has 0 bridgehead atoms. The summed E-state index contributed by atoms with van der Waals surface area (Å²) >= 11 is 1.75. The molecular weight excluding hydrogens is 368 g/mol. The molecule has 5 heteroatoms. The first-order chi connectivity index (χ1) is 13.7. The molecule has 1 amide bonds.